The fourth-order valence-corrected chi connectivity index (χ4v) is 2.66. The molecule has 6 heteroatoms. The summed E-state index contributed by atoms with van der Waals surface area (Å²) in [6.07, 6.45) is 1.37. The minimum absolute atomic E-state index is 0. The zero-order chi connectivity index (χ0) is 16.7. The molecule has 3 N–H and O–H groups in total. The minimum Gasteiger partial charge on any atom is -0.493 e. The summed E-state index contributed by atoms with van der Waals surface area (Å²) in [5.74, 6) is 1.35. The molecule has 2 rings (SSSR count). The molecule has 0 atom stereocenters. The molecule has 1 heterocycles. The van der Waals surface area contributed by atoms with Crippen molar-refractivity contribution in [3.63, 3.8) is 0 Å². The summed E-state index contributed by atoms with van der Waals surface area (Å²) in [6.45, 7) is 6.97. The number of rotatable bonds is 7. The Kier molecular flexibility index (Phi) is 8.53. The molecule has 1 amide bonds. The van der Waals surface area contributed by atoms with Crippen molar-refractivity contribution in [2.75, 3.05) is 26.4 Å². The Hall–Kier alpha value is -1.30. The van der Waals surface area contributed by atoms with Crippen molar-refractivity contribution in [3.05, 3.63) is 29.8 Å². The van der Waals surface area contributed by atoms with Crippen LogP contribution < -0.4 is 15.8 Å². The summed E-state index contributed by atoms with van der Waals surface area (Å²) in [5, 5.41) is 3.02. The number of benzene rings is 1. The van der Waals surface area contributed by atoms with Crippen LogP contribution in [0.1, 0.15) is 32.3 Å². The lowest BCUT2D eigenvalue weighted by Crippen LogP contribution is -2.48. The van der Waals surface area contributed by atoms with E-state index in [9.17, 15) is 4.79 Å². The zero-order valence-electron chi connectivity index (χ0n) is 14.5. The number of nitrogens with one attached hydrogen (secondary N) is 1. The van der Waals surface area contributed by atoms with Gasteiger partial charge in [-0.25, -0.2) is 0 Å². The zero-order valence-corrected chi connectivity index (χ0v) is 15.4. The third-order valence-electron chi connectivity index (χ3n) is 4.26. The molecule has 0 spiro atoms. The maximum atomic E-state index is 12.5. The lowest BCUT2D eigenvalue weighted by molar-refractivity contribution is -0.136. The highest BCUT2D eigenvalue weighted by atomic mass is 35.5. The number of amides is 1. The molecule has 0 aliphatic carbocycles. The average Bonchev–Trinajstić information content (AvgIpc) is 2.58. The van der Waals surface area contributed by atoms with Crippen LogP contribution in [0, 0.1) is 11.3 Å². The maximum absolute atomic E-state index is 12.5. The highest BCUT2D eigenvalue weighted by Gasteiger charge is 2.38. The van der Waals surface area contributed by atoms with Crippen LogP contribution >= 0.6 is 12.4 Å². The highest BCUT2D eigenvalue weighted by Crippen LogP contribution is 2.29. The smallest absolute Gasteiger partial charge is 0.227 e. The van der Waals surface area contributed by atoms with Crippen molar-refractivity contribution >= 4 is 18.3 Å². The van der Waals surface area contributed by atoms with E-state index >= 15 is 0 Å². The normalized spacial score (nSPS) is 16.3. The molecule has 5 nitrogen and oxygen atoms in total. The van der Waals surface area contributed by atoms with Crippen molar-refractivity contribution in [1.82, 2.24) is 5.32 Å². The molecule has 1 fully saturated rings. The van der Waals surface area contributed by atoms with Crippen molar-refractivity contribution in [1.29, 1.82) is 0 Å². The van der Waals surface area contributed by atoms with Crippen molar-refractivity contribution < 1.29 is 14.3 Å². The lowest BCUT2D eigenvalue weighted by Gasteiger charge is -2.34. The molecular weight excluding hydrogens is 328 g/mol. The first-order valence-electron chi connectivity index (χ1n) is 8.33. The topological polar surface area (TPSA) is 73.6 Å². The second-order valence-electron chi connectivity index (χ2n) is 6.63. The third-order valence-corrected chi connectivity index (χ3v) is 4.26. The molecule has 0 bridgehead atoms. The fourth-order valence-electron chi connectivity index (χ4n) is 2.66. The number of hydrogen-bond donors (Lipinski definition) is 2. The number of carbonyl (C=O) groups is 1. The van der Waals surface area contributed by atoms with Crippen LogP contribution in [-0.4, -0.2) is 32.3 Å². The van der Waals surface area contributed by atoms with E-state index in [0.29, 0.717) is 51.7 Å². The van der Waals surface area contributed by atoms with E-state index in [4.69, 9.17) is 15.2 Å². The van der Waals surface area contributed by atoms with E-state index in [2.05, 4.69) is 19.2 Å². The first-order chi connectivity index (χ1) is 11.1. The molecule has 0 saturated carbocycles. The molecule has 1 aromatic carbocycles. The van der Waals surface area contributed by atoms with E-state index < -0.39 is 5.41 Å². The summed E-state index contributed by atoms with van der Waals surface area (Å²) in [6, 6.07) is 7.85. The Bertz CT molecular complexity index is 517. The summed E-state index contributed by atoms with van der Waals surface area (Å²) in [7, 11) is 0. The van der Waals surface area contributed by atoms with Crippen molar-refractivity contribution in [2.24, 2.45) is 17.1 Å². The first kappa shape index (κ1) is 20.7. The molecule has 0 unspecified atom stereocenters. The largest absolute Gasteiger partial charge is 0.493 e. The van der Waals surface area contributed by atoms with E-state index in [1.165, 1.54) is 0 Å². The molecular formula is C18H29ClN2O3. The van der Waals surface area contributed by atoms with Gasteiger partial charge in [0.15, 0.2) is 0 Å². The maximum Gasteiger partial charge on any atom is 0.227 e. The van der Waals surface area contributed by atoms with Gasteiger partial charge < -0.3 is 20.5 Å². The fraction of sp³-hybridized carbons (Fsp3) is 0.611. The minimum atomic E-state index is -0.482. The summed E-state index contributed by atoms with van der Waals surface area (Å²) in [5.41, 5.74) is 6.41. The molecule has 0 radical (unpaired) electrons. The van der Waals surface area contributed by atoms with E-state index in [1.807, 2.05) is 24.3 Å². The van der Waals surface area contributed by atoms with Gasteiger partial charge in [0.25, 0.3) is 0 Å². The third kappa shape index (κ3) is 5.65. The molecule has 24 heavy (non-hydrogen) atoms. The van der Waals surface area contributed by atoms with Gasteiger partial charge in [0.05, 0.1) is 12.0 Å². The highest BCUT2D eigenvalue weighted by molar-refractivity contribution is 5.85. The number of carbonyl (C=O) groups excluding carboxylic acids is 1. The number of hydrogen-bond acceptors (Lipinski definition) is 4. The summed E-state index contributed by atoms with van der Waals surface area (Å²) < 4.78 is 11.1. The van der Waals surface area contributed by atoms with Gasteiger partial charge in [0.2, 0.25) is 5.91 Å². The lowest BCUT2D eigenvalue weighted by atomic mass is 9.79. The SMILES string of the molecule is CC(C)COc1cccc(CNC(=O)C2(CN)CCOCC2)c1.Cl. The van der Waals surface area contributed by atoms with Crippen LogP contribution in [0.4, 0.5) is 0 Å². The molecule has 136 valence electrons. The van der Waals surface area contributed by atoms with Gasteiger partial charge in [0, 0.05) is 26.3 Å². The van der Waals surface area contributed by atoms with Crippen molar-refractivity contribution in [3.8, 4) is 5.75 Å². The van der Waals surface area contributed by atoms with Crippen LogP contribution in [-0.2, 0) is 16.1 Å². The Labute approximate surface area is 150 Å². The van der Waals surface area contributed by atoms with Gasteiger partial charge in [-0.3, -0.25) is 4.79 Å². The van der Waals surface area contributed by atoms with Crippen LogP contribution in [0.2, 0.25) is 0 Å². The van der Waals surface area contributed by atoms with E-state index in [0.717, 1.165) is 11.3 Å². The summed E-state index contributed by atoms with van der Waals surface area (Å²) >= 11 is 0. The Morgan fingerprint density at radius 1 is 1.38 bits per heavy atom. The van der Waals surface area contributed by atoms with Gasteiger partial charge in [0.1, 0.15) is 5.75 Å². The first-order valence-corrected chi connectivity index (χ1v) is 8.33. The monoisotopic (exact) mass is 356 g/mol. The van der Waals surface area contributed by atoms with Crippen LogP contribution in [0.15, 0.2) is 24.3 Å². The predicted molar refractivity (Wildman–Crippen MR) is 97.4 cm³/mol. The molecule has 1 aliphatic rings. The van der Waals surface area contributed by atoms with Crippen LogP contribution in [0.25, 0.3) is 0 Å². The Morgan fingerprint density at radius 2 is 2.08 bits per heavy atom. The van der Waals surface area contributed by atoms with E-state index in [-0.39, 0.29) is 18.3 Å². The standard InChI is InChI=1S/C18H28N2O3.ClH/c1-14(2)12-23-16-5-3-4-15(10-16)11-20-17(21)18(13-19)6-8-22-9-7-18;/h3-5,10,14H,6-9,11-13,19H2,1-2H3,(H,20,21);1H. The Morgan fingerprint density at radius 3 is 2.71 bits per heavy atom. The number of ether oxygens (including phenoxy) is 2. The second-order valence-corrected chi connectivity index (χ2v) is 6.63. The molecule has 1 aromatic rings. The summed E-state index contributed by atoms with van der Waals surface area (Å²) in [4.78, 5) is 12.5. The Balaban J connectivity index is 0.00000288. The molecule has 1 aliphatic heterocycles. The quantitative estimate of drug-likeness (QED) is 0.787. The van der Waals surface area contributed by atoms with Gasteiger partial charge in [-0.15, -0.1) is 12.4 Å². The van der Waals surface area contributed by atoms with Gasteiger partial charge in [-0.1, -0.05) is 26.0 Å². The molecule has 1 saturated heterocycles. The number of nitrogens with two attached hydrogens (primary N) is 1. The second kappa shape index (κ2) is 9.87. The van der Waals surface area contributed by atoms with Crippen LogP contribution in [0.3, 0.4) is 0 Å². The van der Waals surface area contributed by atoms with Gasteiger partial charge in [-0.05, 0) is 36.5 Å². The van der Waals surface area contributed by atoms with Crippen molar-refractivity contribution in [2.45, 2.75) is 33.2 Å². The predicted octanol–water partition coefficient (Wildman–Crippen LogP) is 2.51. The van der Waals surface area contributed by atoms with Crippen LogP contribution in [0.5, 0.6) is 5.75 Å². The van der Waals surface area contributed by atoms with Gasteiger partial charge in [-0.2, -0.15) is 0 Å². The van der Waals surface area contributed by atoms with Gasteiger partial charge >= 0.3 is 0 Å². The average molecular weight is 357 g/mol. The number of halogens is 1. The molecule has 0 aromatic heterocycles. The van der Waals surface area contributed by atoms with E-state index in [1.54, 1.807) is 0 Å².